The molecule has 0 bridgehead atoms. The molecule has 2 aromatic heterocycles. The molecule has 0 aliphatic rings. The summed E-state index contributed by atoms with van der Waals surface area (Å²) in [6.45, 7) is 3.29. The van der Waals surface area contributed by atoms with Gasteiger partial charge in [0.15, 0.2) is 17.0 Å². The van der Waals surface area contributed by atoms with E-state index in [1.165, 1.54) is 11.7 Å². The predicted molar refractivity (Wildman–Crippen MR) is 186 cm³/mol. The largest absolute Gasteiger partial charge is 0.491 e. The first-order valence-corrected chi connectivity index (χ1v) is 18.2. The molecular weight excluding hydrogens is 685 g/mol. The van der Waals surface area contributed by atoms with Crippen LogP contribution in [0.3, 0.4) is 0 Å². The fourth-order valence-corrected chi connectivity index (χ4v) is 6.53. The maximum Gasteiger partial charge on any atom is 0.323 e. The van der Waals surface area contributed by atoms with E-state index in [1.54, 1.807) is 38.1 Å². The normalized spacial score (nSPS) is 13.6. The Balaban J connectivity index is 1.64. The van der Waals surface area contributed by atoms with Crippen molar-refractivity contribution in [1.82, 2.24) is 29.7 Å². The molecule has 0 aliphatic heterocycles. The lowest BCUT2D eigenvalue weighted by Gasteiger charge is -2.28. The molecule has 2 heterocycles. The molecule has 18 heteroatoms. The number of carbonyl (C=O) groups excluding carboxylic acids is 2. The highest BCUT2D eigenvalue weighted by Gasteiger charge is 2.33. The van der Waals surface area contributed by atoms with Crippen molar-refractivity contribution in [1.29, 1.82) is 0 Å². The molecule has 2 aromatic carbocycles. The summed E-state index contributed by atoms with van der Waals surface area (Å²) in [5, 5.41) is 16.5. The lowest BCUT2D eigenvalue weighted by atomic mass is 10.1. The number of aromatic nitrogens is 4. The average Bonchev–Trinajstić information content (AvgIpc) is 3.44. The molecular formula is C33H44N7O10P. The van der Waals surface area contributed by atoms with Crippen LogP contribution in [0.4, 0.5) is 5.82 Å². The summed E-state index contributed by atoms with van der Waals surface area (Å²) in [4.78, 5) is 38.1. The smallest absolute Gasteiger partial charge is 0.323 e. The Kier molecular flexibility index (Phi) is 15.0. The summed E-state index contributed by atoms with van der Waals surface area (Å²) in [7, 11) is -2.42. The number of methoxy groups -OCH3 is 1. The number of hydrogen-bond donors (Lipinski definition) is 4. The Morgan fingerprint density at radius 1 is 0.961 bits per heavy atom. The molecule has 4 aromatic rings. The maximum atomic E-state index is 14.6. The Morgan fingerprint density at radius 2 is 1.67 bits per heavy atom. The van der Waals surface area contributed by atoms with Crippen LogP contribution in [0.15, 0.2) is 60.7 Å². The summed E-state index contributed by atoms with van der Waals surface area (Å²) in [6.07, 6.45) is -1.32. The number of nitrogen functional groups attached to an aromatic ring is 1. The zero-order valence-electron chi connectivity index (χ0n) is 28.7. The lowest BCUT2D eigenvalue weighted by Crippen LogP contribution is -2.43. The van der Waals surface area contributed by atoms with Gasteiger partial charge in [0, 0.05) is 7.11 Å². The molecule has 0 spiro atoms. The fourth-order valence-electron chi connectivity index (χ4n) is 4.77. The zero-order chi connectivity index (χ0) is 36.6. The van der Waals surface area contributed by atoms with E-state index in [0.717, 1.165) is 5.56 Å². The van der Waals surface area contributed by atoms with Gasteiger partial charge in [-0.05, 0) is 38.0 Å². The minimum atomic E-state index is -3.94. The van der Waals surface area contributed by atoms with Crippen LogP contribution in [0.2, 0.25) is 0 Å². The van der Waals surface area contributed by atoms with Crippen molar-refractivity contribution in [2.75, 3.05) is 58.8 Å². The topological polar surface area (TPSA) is 220 Å². The Bertz CT molecular complexity index is 1750. The Hall–Kier alpha value is -4.80. The molecule has 276 valence electrons. The number of esters is 2. The summed E-state index contributed by atoms with van der Waals surface area (Å²) in [5.41, 5.74) is 7.17. The third-order valence-corrected chi connectivity index (χ3v) is 9.07. The van der Waals surface area contributed by atoms with Gasteiger partial charge in [-0.25, -0.2) is 10.2 Å². The van der Waals surface area contributed by atoms with Crippen molar-refractivity contribution < 1.29 is 47.7 Å². The van der Waals surface area contributed by atoms with Gasteiger partial charge in [0.05, 0.1) is 26.4 Å². The number of nitrogens with zero attached hydrogens (tertiary/aromatic N) is 4. The van der Waals surface area contributed by atoms with Crippen molar-refractivity contribution in [2.45, 2.75) is 39.0 Å². The van der Waals surface area contributed by atoms with E-state index in [2.05, 4.69) is 25.1 Å². The number of para-hydroxylation sites is 1. The molecule has 0 saturated carbocycles. The van der Waals surface area contributed by atoms with Crippen molar-refractivity contribution in [3.63, 3.8) is 0 Å². The van der Waals surface area contributed by atoms with Crippen LogP contribution in [0.25, 0.3) is 11.2 Å². The predicted octanol–water partition coefficient (Wildman–Crippen LogP) is 2.67. The standard InChI is InChI=1S/C33H44N7O10P/c1-4-46-27(41)19-35-51(44,39-26(31(42)47-5-2)18-23-12-8-6-9-13-23)22-50-25(21-49-24-14-10-7-11-15-24)20-40-30-28(36-33(40)43)29(34)37-32(38-30)48-17-16-45-3/h6-15,25-26H,4-5,16-22H2,1-3H3,(H,36,43)(H2,34,37,38)(H2,35,39,44). The quantitative estimate of drug-likeness (QED) is 0.0519. The number of imidazole rings is 1. The van der Waals surface area contributed by atoms with Gasteiger partial charge in [-0.3, -0.25) is 18.7 Å². The number of benzene rings is 2. The van der Waals surface area contributed by atoms with Crippen LogP contribution in [0.5, 0.6) is 17.8 Å². The highest BCUT2D eigenvalue weighted by Crippen LogP contribution is 2.38. The monoisotopic (exact) mass is 729 g/mol. The lowest BCUT2D eigenvalue weighted by molar-refractivity contribution is -0.145. The number of ether oxygens (including phenoxy) is 6. The first-order chi connectivity index (χ1) is 24.6. The number of rotatable bonds is 22. The molecule has 17 nitrogen and oxygen atoms in total. The fraction of sp³-hybridized carbons (Fsp3) is 0.424. The molecule has 0 aliphatic carbocycles. The highest BCUT2D eigenvalue weighted by atomic mass is 31.2. The average molecular weight is 730 g/mol. The number of anilines is 1. The second-order valence-electron chi connectivity index (χ2n) is 11.0. The first-order valence-electron chi connectivity index (χ1n) is 16.3. The van der Waals surface area contributed by atoms with Crippen molar-refractivity contribution in [3.05, 3.63) is 66.2 Å². The highest BCUT2D eigenvalue weighted by molar-refractivity contribution is 7.59. The van der Waals surface area contributed by atoms with Gasteiger partial charge in [-0.1, -0.05) is 48.5 Å². The number of nitrogens with one attached hydrogen (secondary N) is 2. The van der Waals surface area contributed by atoms with E-state index in [9.17, 15) is 19.3 Å². The van der Waals surface area contributed by atoms with Gasteiger partial charge in [0.25, 0.3) is 6.01 Å². The Labute approximate surface area is 295 Å². The third-order valence-electron chi connectivity index (χ3n) is 7.16. The van der Waals surface area contributed by atoms with Crippen LogP contribution in [0.1, 0.15) is 19.4 Å². The summed E-state index contributed by atoms with van der Waals surface area (Å²) in [6, 6.07) is 16.5. The van der Waals surface area contributed by atoms with Gasteiger partial charge < -0.3 is 39.3 Å². The number of aromatic hydroxyl groups is 1. The van der Waals surface area contributed by atoms with Crippen LogP contribution >= 0.6 is 7.44 Å². The second-order valence-corrected chi connectivity index (χ2v) is 13.3. The number of nitrogens with two attached hydrogens (primary N) is 1. The minimum absolute atomic E-state index is 0.0280. The van der Waals surface area contributed by atoms with E-state index in [-0.39, 0.29) is 69.0 Å². The van der Waals surface area contributed by atoms with Gasteiger partial charge in [-0.2, -0.15) is 15.0 Å². The van der Waals surface area contributed by atoms with Gasteiger partial charge >= 0.3 is 17.9 Å². The summed E-state index contributed by atoms with van der Waals surface area (Å²) >= 11 is 0. The first kappa shape index (κ1) is 39.0. The van der Waals surface area contributed by atoms with Crippen molar-refractivity contribution >= 4 is 36.4 Å². The molecule has 3 atom stereocenters. The molecule has 0 fully saturated rings. The number of carbonyl (C=O) groups is 2. The van der Waals surface area contributed by atoms with E-state index in [4.69, 9.17) is 34.2 Å². The van der Waals surface area contributed by atoms with Gasteiger partial charge in [-0.15, -0.1) is 0 Å². The summed E-state index contributed by atoms with van der Waals surface area (Å²) in [5.74, 6) is -0.799. The van der Waals surface area contributed by atoms with Crippen LogP contribution in [0, 0.1) is 0 Å². The number of fused-ring (bicyclic) bond motifs is 1. The molecule has 0 radical (unpaired) electrons. The third kappa shape index (κ3) is 11.9. The van der Waals surface area contributed by atoms with Crippen LogP contribution < -0.4 is 25.4 Å². The molecule has 0 saturated heterocycles. The van der Waals surface area contributed by atoms with Crippen LogP contribution in [-0.2, 0) is 46.1 Å². The van der Waals surface area contributed by atoms with Gasteiger partial charge in [0.1, 0.15) is 44.0 Å². The van der Waals surface area contributed by atoms with Gasteiger partial charge in [0.2, 0.25) is 7.44 Å². The van der Waals surface area contributed by atoms with Crippen LogP contribution in [-0.4, -0.2) is 102 Å². The minimum Gasteiger partial charge on any atom is -0.491 e. The van der Waals surface area contributed by atoms with E-state index >= 15 is 0 Å². The zero-order valence-corrected chi connectivity index (χ0v) is 29.6. The molecule has 51 heavy (non-hydrogen) atoms. The number of hydrogen-bond acceptors (Lipinski definition) is 14. The molecule has 4 rings (SSSR count). The van der Waals surface area contributed by atoms with E-state index in [0.29, 0.717) is 5.75 Å². The molecule has 5 N–H and O–H groups in total. The molecule has 3 unspecified atom stereocenters. The molecule has 0 amide bonds. The maximum absolute atomic E-state index is 14.6. The Morgan fingerprint density at radius 3 is 2.35 bits per heavy atom. The van der Waals surface area contributed by atoms with E-state index < -0.39 is 50.4 Å². The van der Waals surface area contributed by atoms with Crippen molar-refractivity contribution in [2.24, 2.45) is 0 Å². The van der Waals surface area contributed by atoms with E-state index in [1.807, 2.05) is 36.4 Å². The summed E-state index contributed by atoms with van der Waals surface area (Å²) < 4.78 is 49.0. The SMILES string of the molecule is CCOC(=O)CNP(=O)(COC(COc1ccccc1)Cn1c(O)nc2c(N)nc(OCCOC)nc21)NC(Cc1ccccc1)C(=O)OCC. The van der Waals surface area contributed by atoms with Crippen molar-refractivity contribution in [3.8, 4) is 17.8 Å². The second kappa shape index (κ2) is 19.6.